The van der Waals surface area contributed by atoms with Crippen molar-refractivity contribution in [3.05, 3.63) is 29.8 Å². The van der Waals surface area contributed by atoms with E-state index in [2.05, 4.69) is 33.8 Å². The predicted octanol–water partition coefficient (Wildman–Crippen LogP) is 3.28. The van der Waals surface area contributed by atoms with Crippen LogP contribution < -0.4 is 4.90 Å². The Balaban J connectivity index is 0.00000115. The Morgan fingerprint density at radius 2 is 1.43 bits per heavy atom. The molecule has 3 saturated heterocycles. The minimum Gasteiger partial charge on any atom is -0.383 e. The van der Waals surface area contributed by atoms with E-state index in [-0.39, 0.29) is 17.9 Å². The first-order valence-electron chi connectivity index (χ1n) is 14.5. The van der Waals surface area contributed by atoms with Crippen LogP contribution in [0.25, 0.3) is 0 Å². The molecule has 3 aliphatic rings. The molecule has 4 rings (SSSR count). The van der Waals surface area contributed by atoms with Crippen molar-refractivity contribution in [2.75, 3.05) is 90.6 Å². The van der Waals surface area contributed by atoms with Crippen molar-refractivity contribution in [1.29, 1.82) is 0 Å². The third-order valence-electron chi connectivity index (χ3n) is 7.38. The standard InChI is InChI=1S/C25H39N5O3.2C2H6/c1-3-26-11-17-29(18-12-26)24(31)19-27-13-15-28(16-14-27)22-8-6-21(7-9-22)25(32)30-10-4-5-23(30)20-33-2;2*1-2/h6-9,23H,3-5,10-20H2,1-2H3;2*1-2H3/t23-;;/m1../s1. The summed E-state index contributed by atoms with van der Waals surface area (Å²) in [5, 5.41) is 0. The maximum Gasteiger partial charge on any atom is 0.254 e. The maximum absolute atomic E-state index is 12.9. The van der Waals surface area contributed by atoms with Gasteiger partial charge in [-0.2, -0.15) is 0 Å². The highest BCUT2D eigenvalue weighted by Crippen LogP contribution is 2.23. The summed E-state index contributed by atoms with van der Waals surface area (Å²) in [4.78, 5) is 36.6. The van der Waals surface area contributed by atoms with E-state index in [0.29, 0.717) is 13.2 Å². The van der Waals surface area contributed by atoms with Gasteiger partial charge in [0.15, 0.2) is 0 Å². The van der Waals surface area contributed by atoms with Crippen LogP contribution in [0.3, 0.4) is 0 Å². The number of hydrogen-bond donors (Lipinski definition) is 0. The van der Waals surface area contributed by atoms with Crippen LogP contribution in [0, 0.1) is 0 Å². The minimum absolute atomic E-state index is 0.101. The van der Waals surface area contributed by atoms with Crippen LogP contribution in [0.1, 0.15) is 57.8 Å². The third kappa shape index (κ3) is 8.69. The quantitative estimate of drug-likeness (QED) is 0.553. The normalized spacial score (nSPS) is 20.6. The smallest absolute Gasteiger partial charge is 0.254 e. The zero-order valence-corrected chi connectivity index (χ0v) is 24.2. The molecule has 1 aromatic carbocycles. The van der Waals surface area contributed by atoms with Gasteiger partial charge < -0.3 is 24.3 Å². The number of methoxy groups -OCH3 is 1. The Kier molecular flexibility index (Phi) is 14.0. The number of likely N-dealkylation sites (N-methyl/N-ethyl adjacent to an activating group) is 1. The molecule has 1 atom stereocenters. The fourth-order valence-corrected chi connectivity index (χ4v) is 5.22. The molecule has 0 unspecified atom stereocenters. The van der Waals surface area contributed by atoms with Crippen LogP contribution in [-0.2, 0) is 9.53 Å². The number of carbonyl (C=O) groups is 2. The lowest BCUT2D eigenvalue weighted by molar-refractivity contribution is -0.134. The highest BCUT2D eigenvalue weighted by molar-refractivity contribution is 5.95. The molecule has 0 spiro atoms. The second-order valence-corrected chi connectivity index (χ2v) is 9.38. The van der Waals surface area contributed by atoms with Crippen LogP contribution in [0.2, 0.25) is 0 Å². The van der Waals surface area contributed by atoms with Gasteiger partial charge >= 0.3 is 0 Å². The van der Waals surface area contributed by atoms with Gasteiger partial charge in [-0.05, 0) is 43.7 Å². The van der Waals surface area contributed by atoms with E-state index >= 15 is 0 Å². The Labute approximate surface area is 225 Å². The molecule has 3 fully saturated rings. The summed E-state index contributed by atoms with van der Waals surface area (Å²) < 4.78 is 5.29. The summed E-state index contributed by atoms with van der Waals surface area (Å²) in [6, 6.07) is 8.20. The van der Waals surface area contributed by atoms with Gasteiger partial charge in [-0.15, -0.1) is 0 Å². The Morgan fingerprint density at radius 1 is 0.838 bits per heavy atom. The molecular weight excluding hydrogens is 466 g/mol. The van der Waals surface area contributed by atoms with Crippen LogP contribution in [0.4, 0.5) is 5.69 Å². The Bertz CT molecular complexity index is 787. The molecule has 210 valence electrons. The molecule has 0 aromatic heterocycles. The molecule has 0 saturated carbocycles. The van der Waals surface area contributed by atoms with Gasteiger partial charge in [0.2, 0.25) is 5.91 Å². The number of benzene rings is 1. The zero-order valence-electron chi connectivity index (χ0n) is 24.2. The second-order valence-electron chi connectivity index (χ2n) is 9.38. The number of carbonyl (C=O) groups excluding carboxylic acids is 2. The van der Waals surface area contributed by atoms with Crippen LogP contribution in [-0.4, -0.2) is 123 Å². The van der Waals surface area contributed by atoms with E-state index in [1.807, 2.05) is 49.6 Å². The molecule has 3 aliphatic heterocycles. The van der Waals surface area contributed by atoms with E-state index in [4.69, 9.17) is 4.74 Å². The number of nitrogens with zero attached hydrogens (tertiary/aromatic N) is 5. The predicted molar refractivity (Wildman–Crippen MR) is 152 cm³/mol. The van der Waals surface area contributed by atoms with Gasteiger partial charge in [0.1, 0.15) is 0 Å². The van der Waals surface area contributed by atoms with Crippen LogP contribution in [0.15, 0.2) is 24.3 Å². The van der Waals surface area contributed by atoms with Crippen molar-refractivity contribution in [2.45, 2.75) is 53.5 Å². The third-order valence-corrected chi connectivity index (χ3v) is 7.38. The van der Waals surface area contributed by atoms with E-state index in [1.54, 1.807) is 7.11 Å². The fraction of sp³-hybridized carbons (Fsp3) is 0.724. The lowest BCUT2D eigenvalue weighted by atomic mass is 10.1. The van der Waals surface area contributed by atoms with Crippen molar-refractivity contribution < 1.29 is 14.3 Å². The van der Waals surface area contributed by atoms with Crippen LogP contribution in [0.5, 0.6) is 0 Å². The molecule has 2 amide bonds. The monoisotopic (exact) mass is 517 g/mol. The minimum atomic E-state index is 0.101. The molecule has 8 heteroatoms. The molecule has 1 aromatic rings. The number of rotatable bonds is 7. The average molecular weight is 518 g/mol. The number of hydrogen-bond acceptors (Lipinski definition) is 6. The fourth-order valence-electron chi connectivity index (χ4n) is 5.22. The first-order valence-corrected chi connectivity index (χ1v) is 14.5. The lowest BCUT2D eigenvalue weighted by Gasteiger charge is -2.38. The first-order chi connectivity index (χ1) is 18.1. The number of amides is 2. The number of piperazine rings is 2. The second kappa shape index (κ2) is 16.6. The van der Waals surface area contributed by atoms with Gasteiger partial charge in [-0.25, -0.2) is 0 Å². The molecule has 8 nitrogen and oxygen atoms in total. The van der Waals surface area contributed by atoms with E-state index in [1.165, 1.54) is 0 Å². The van der Waals surface area contributed by atoms with E-state index in [9.17, 15) is 9.59 Å². The van der Waals surface area contributed by atoms with Gasteiger partial charge in [0.05, 0.1) is 19.2 Å². The van der Waals surface area contributed by atoms with Crippen molar-refractivity contribution in [3.8, 4) is 0 Å². The summed E-state index contributed by atoms with van der Waals surface area (Å²) in [6.07, 6.45) is 2.05. The van der Waals surface area contributed by atoms with E-state index in [0.717, 1.165) is 89.5 Å². The van der Waals surface area contributed by atoms with E-state index < -0.39 is 0 Å². The SMILES string of the molecule is CC.CC.CCN1CCN(C(=O)CN2CCN(c3ccc(C(=O)N4CCC[C@@H]4COC)cc3)CC2)CC1. The van der Waals surface area contributed by atoms with Crippen molar-refractivity contribution in [1.82, 2.24) is 19.6 Å². The largest absolute Gasteiger partial charge is 0.383 e. The molecule has 0 bridgehead atoms. The number of likely N-dealkylation sites (tertiary alicyclic amines) is 1. The van der Waals surface area contributed by atoms with Gasteiger partial charge in [0.25, 0.3) is 5.91 Å². The van der Waals surface area contributed by atoms with Crippen molar-refractivity contribution >= 4 is 17.5 Å². The first kappa shape index (κ1) is 31.1. The van der Waals surface area contributed by atoms with Gasteiger partial charge in [-0.3, -0.25) is 14.5 Å². The Morgan fingerprint density at radius 3 is 2.00 bits per heavy atom. The molecule has 37 heavy (non-hydrogen) atoms. The highest BCUT2D eigenvalue weighted by atomic mass is 16.5. The zero-order chi connectivity index (χ0) is 27.2. The Hall–Kier alpha value is -2.16. The molecular formula is C29H51N5O3. The summed E-state index contributed by atoms with van der Waals surface area (Å²) in [6.45, 7) is 20.4. The molecule has 0 radical (unpaired) electrons. The maximum atomic E-state index is 12.9. The van der Waals surface area contributed by atoms with Gasteiger partial charge in [-0.1, -0.05) is 34.6 Å². The number of anilines is 1. The molecule has 3 heterocycles. The van der Waals surface area contributed by atoms with Crippen molar-refractivity contribution in [2.24, 2.45) is 0 Å². The summed E-state index contributed by atoms with van der Waals surface area (Å²) >= 11 is 0. The summed E-state index contributed by atoms with van der Waals surface area (Å²) in [5.74, 6) is 0.361. The highest BCUT2D eigenvalue weighted by Gasteiger charge is 2.29. The summed E-state index contributed by atoms with van der Waals surface area (Å²) in [7, 11) is 1.69. The lowest BCUT2D eigenvalue weighted by Crippen LogP contribution is -2.53. The molecule has 0 aliphatic carbocycles. The average Bonchev–Trinajstić information content (AvgIpc) is 3.44. The number of ether oxygens (including phenoxy) is 1. The van der Waals surface area contributed by atoms with Gasteiger partial charge in [0, 0.05) is 77.3 Å². The molecule has 0 N–H and O–H groups in total. The topological polar surface area (TPSA) is 59.6 Å². The van der Waals surface area contributed by atoms with Crippen molar-refractivity contribution in [3.63, 3.8) is 0 Å². The summed E-state index contributed by atoms with van der Waals surface area (Å²) in [5.41, 5.74) is 1.89. The van der Waals surface area contributed by atoms with Crippen LogP contribution >= 0.6 is 0 Å².